The van der Waals surface area contributed by atoms with Crippen molar-refractivity contribution in [3.8, 4) is 17.6 Å². The zero-order valence-electron chi connectivity index (χ0n) is 13.1. The van der Waals surface area contributed by atoms with Crippen molar-refractivity contribution in [1.82, 2.24) is 9.55 Å². The van der Waals surface area contributed by atoms with Crippen LogP contribution in [0.25, 0.3) is 0 Å². The van der Waals surface area contributed by atoms with Gasteiger partial charge in [0, 0.05) is 12.4 Å². The fourth-order valence-electron chi connectivity index (χ4n) is 2.43. The summed E-state index contributed by atoms with van der Waals surface area (Å²) in [5.74, 6) is 1.27. The molecule has 3 aromatic rings. The van der Waals surface area contributed by atoms with Gasteiger partial charge in [-0.15, -0.1) is 0 Å². The molecule has 0 aliphatic heterocycles. The molecule has 0 fully saturated rings. The van der Waals surface area contributed by atoms with E-state index in [1.54, 1.807) is 18.6 Å². The van der Waals surface area contributed by atoms with Crippen LogP contribution in [-0.4, -0.2) is 9.55 Å². The summed E-state index contributed by atoms with van der Waals surface area (Å²) in [6.45, 7) is 4.20. The SMILES string of the molecule is CC(C)(c1ccc(C#N)c(Oc2ccccc2)c1)n1ccnc1. The van der Waals surface area contributed by atoms with E-state index in [2.05, 4.69) is 24.9 Å². The second-order valence-electron chi connectivity index (χ2n) is 5.77. The van der Waals surface area contributed by atoms with Gasteiger partial charge in [-0.1, -0.05) is 24.3 Å². The Morgan fingerprint density at radius 3 is 2.57 bits per heavy atom. The number of nitriles is 1. The van der Waals surface area contributed by atoms with Gasteiger partial charge in [0.2, 0.25) is 0 Å². The van der Waals surface area contributed by atoms with Gasteiger partial charge < -0.3 is 9.30 Å². The average Bonchev–Trinajstić information content (AvgIpc) is 3.11. The van der Waals surface area contributed by atoms with Gasteiger partial charge in [-0.05, 0) is 43.7 Å². The summed E-state index contributed by atoms with van der Waals surface area (Å²) >= 11 is 0. The van der Waals surface area contributed by atoms with Crippen molar-refractivity contribution in [3.05, 3.63) is 78.4 Å². The van der Waals surface area contributed by atoms with Crippen LogP contribution in [0, 0.1) is 11.3 Å². The van der Waals surface area contributed by atoms with Crippen molar-refractivity contribution in [2.24, 2.45) is 0 Å². The predicted molar refractivity (Wildman–Crippen MR) is 88.3 cm³/mol. The van der Waals surface area contributed by atoms with Crippen LogP contribution >= 0.6 is 0 Å². The molecular weight excluding hydrogens is 286 g/mol. The summed E-state index contributed by atoms with van der Waals surface area (Å²) < 4.78 is 7.93. The van der Waals surface area contributed by atoms with E-state index in [0.717, 1.165) is 5.56 Å². The number of aromatic nitrogens is 2. The lowest BCUT2D eigenvalue weighted by Gasteiger charge is -2.27. The van der Waals surface area contributed by atoms with Crippen molar-refractivity contribution < 1.29 is 4.74 Å². The molecule has 3 rings (SSSR count). The summed E-state index contributed by atoms with van der Waals surface area (Å²) in [6.07, 6.45) is 5.47. The third-order valence-corrected chi connectivity index (χ3v) is 3.93. The molecule has 23 heavy (non-hydrogen) atoms. The van der Waals surface area contributed by atoms with Crippen LogP contribution in [0.1, 0.15) is 25.0 Å². The summed E-state index contributed by atoms with van der Waals surface area (Å²) in [5, 5.41) is 9.33. The first-order chi connectivity index (χ1) is 11.1. The highest BCUT2D eigenvalue weighted by molar-refractivity contribution is 5.48. The minimum atomic E-state index is -0.292. The van der Waals surface area contributed by atoms with Crippen molar-refractivity contribution >= 4 is 0 Å². The van der Waals surface area contributed by atoms with Gasteiger partial charge in [0.25, 0.3) is 0 Å². The molecule has 0 amide bonds. The summed E-state index contributed by atoms with van der Waals surface area (Å²) in [4.78, 5) is 4.12. The normalized spacial score (nSPS) is 11.0. The second kappa shape index (κ2) is 5.98. The lowest BCUT2D eigenvalue weighted by molar-refractivity contribution is 0.429. The smallest absolute Gasteiger partial charge is 0.145 e. The van der Waals surface area contributed by atoms with Crippen LogP contribution < -0.4 is 4.74 Å². The van der Waals surface area contributed by atoms with Crippen LogP contribution in [0.2, 0.25) is 0 Å². The van der Waals surface area contributed by atoms with E-state index in [9.17, 15) is 5.26 Å². The monoisotopic (exact) mass is 303 g/mol. The minimum Gasteiger partial charge on any atom is -0.456 e. The minimum absolute atomic E-state index is 0.292. The van der Waals surface area contributed by atoms with Gasteiger partial charge in [-0.3, -0.25) is 0 Å². The zero-order chi connectivity index (χ0) is 16.3. The Hall–Kier alpha value is -3.06. The Morgan fingerprint density at radius 2 is 1.91 bits per heavy atom. The molecule has 1 aromatic heterocycles. The van der Waals surface area contributed by atoms with Crippen molar-refractivity contribution in [1.29, 1.82) is 5.26 Å². The Kier molecular flexibility index (Phi) is 3.86. The van der Waals surface area contributed by atoms with Crippen LogP contribution in [0.4, 0.5) is 0 Å². The molecule has 0 unspecified atom stereocenters. The Balaban J connectivity index is 2.01. The highest BCUT2D eigenvalue weighted by Crippen LogP contribution is 2.32. The number of imidazole rings is 1. The number of benzene rings is 2. The molecule has 0 saturated carbocycles. The predicted octanol–water partition coefficient (Wildman–Crippen LogP) is 4.33. The molecule has 114 valence electrons. The highest BCUT2D eigenvalue weighted by atomic mass is 16.5. The molecule has 0 bridgehead atoms. The molecule has 1 heterocycles. The summed E-state index contributed by atoms with van der Waals surface area (Å²) in [6, 6.07) is 17.3. The first-order valence-corrected chi connectivity index (χ1v) is 7.37. The maximum atomic E-state index is 9.33. The quantitative estimate of drug-likeness (QED) is 0.720. The summed E-state index contributed by atoms with van der Waals surface area (Å²) in [7, 11) is 0. The maximum absolute atomic E-state index is 9.33. The maximum Gasteiger partial charge on any atom is 0.145 e. The third kappa shape index (κ3) is 2.95. The second-order valence-corrected chi connectivity index (χ2v) is 5.77. The van der Waals surface area contributed by atoms with Crippen LogP contribution in [0.3, 0.4) is 0 Å². The zero-order valence-corrected chi connectivity index (χ0v) is 13.1. The van der Waals surface area contributed by atoms with Crippen molar-refractivity contribution in [3.63, 3.8) is 0 Å². The molecule has 4 heteroatoms. The largest absolute Gasteiger partial charge is 0.456 e. The van der Waals surface area contributed by atoms with Crippen molar-refractivity contribution in [2.45, 2.75) is 19.4 Å². The van der Waals surface area contributed by atoms with E-state index >= 15 is 0 Å². The topological polar surface area (TPSA) is 50.8 Å². The molecule has 0 aliphatic carbocycles. The number of hydrogen-bond donors (Lipinski definition) is 0. The first-order valence-electron chi connectivity index (χ1n) is 7.37. The van der Waals surface area contributed by atoms with Gasteiger partial charge in [0.15, 0.2) is 0 Å². The van der Waals surface area contributed by atoms with E-state index < -0.39 is 0 Å². The number of ether oxygens (including phenoxy) is 1. The highest BCUT2D eigenvalue weighted by Gasteiger charge is 2.23. The lowest BCUT2D eigenvalue weighted by atomic mass is 9.93. The van der Waals surface area contributed by atoms with Gasteiger partial charge in [0.1, 0.15) is 17.6 Å². The van der Waals surface area contributed by atoms with Crippen LogP contribution in [0.15, 0.2) is 67.3 Å². The average molecular weight is 303 g/mol. The molecule has 0 spiro atoms. The van der Waals surface area contributed by atoms with E-state index in [4.69, 9.17) is 4.74 Å². The summed E-state index contributed by atoms with van der Waals surface area (Å²) in [5.41, 5.74) is 1.26. The molecule has 0 aliphatic rings. The molecule has 0 saturated heterocycles. The first kappa shape index (κ1) is 14.9. The van der Waals surface area contributed by atoms with Crippen LogP contribution in [0.5, 0.6) is 11.5 Å². The van der Waals surface area contributed by atoms with Gasteiger partial charge in [-0.25, -0.2) is 4.98 Å². The molecule has 0 atom stereocenters. The molecular formula is C19H17N3O. The van der Waals surface area contributed by atoms with E-state index in [-0.39, 0.29) is 5.54 Å². The van der Waals surface area contributed by atoms with E-state index in [1.807, 2.05) is 53.2 Å². The van der Waals surface area contributed by atoms with Crippen LogP contribution in [-0.2, 0) is 5.54 Å². The third-order valence-electron chi connectivity index (χ3n) is 3.93. The molecule has 2 aromatic carbocycles. The van der Waals surface area contributed by atoms with Gasteiger partial charge >= 0.3 is 0 Å². The molecule has 0 N–H and O–H groups in total. The van der Waals surface area contributed by atoms with Gasteiger partial charge in [0.05, 0.1) is 17.4 Å². The van der Waals surface area contributed by atoms with Crippen molar-refractivity contribution in [2.75, 3.05) is 0 Å². The number of hydrogen-bond acceptors (Lipinski definition) is 3. The lowest BCUT2D eigenvalue weighted by Crippen LogP contribution is -2.26. The fraction of sp³-hybridized carbons (Fsp3) is 0.158. The van der Waals surface area contributed by atoms with E-state index in [0.29, 0.717) is 17.1 Å². The Bertz CT molecular complexity index is 831. The number of para-hydroxylation sites is 1. The molecule has 0 radical (unpaired) electrons. The Labute approximate surface area is 135 Å². The van der Waals surface area contributed by atoms with E-state index in [1.165, 1.54) is 0 Å². The Morgan fingerprint density at radius 1 is 1.13 bits per heavy atom. The fourth-order valence-corrected chi connectivity index (χ4v) is 2.43. The number of rotatable bonds is 4. The standard InChI is InChI=1S/C19H17N3O/c1-19(2,22-11-10-21-14-22)16-9-8-15(13-20)18(12-16)23-17-6-4-3-5-7-17/h3-12,14H,1-2H3. The van der Waals surface area contributed by atoms with Gasteiger partial charge in [-0.2, -0.15) is 5.26 Å². The molecule has 4 nitrogen and oxygen atoms in total. The number of nitrogens with zero attached hydrogens (tertiary/aromatic N) is 3.